The van der Waals surface area contributed by atoms with Crippen LogP contribution in [0.5, 0.6) is 0 Å². The van der Waals surface area contributed by atoms with Crippen molar-refractivity contribution in [2.45, 2.75) is 39.5 Å². The van der Waals surface area contributed by atoms with Crippen LogP contribution in [0.2, 0.25) is 0 Å². The number of hydrogen-bond donors (Lipinski definition) is 3. The Morgan fingerprint density at radius 2 is 1.70 bits per heavy atom. The van der Waals surface area contributed by atoms with E-state index < -0.39 is 11.6 Å². The lowest BCUT2D eigenvalue weighted by Crippen LogP contribution is -2.26. The first-order valence-electron chi connectivity index (χ1n) is 10.3. The lowest BCUT2D eigenvalue weighted by molar-refractivity contribution is 0.0953. The number of nitrogens with two attached hydrogens (primary N) is 1. The minimum Gasteiger partial charge on any atom is -0.404 e. The number of benzene rings is 2. The van der Waals surface area contributed by atoms with Crippen LogP contribution < -0.4 is 16.4 Å². The van der Waals surface area contributed by atoms with Gasteiger partial charge >= 0.3 is 0 Å². The van der Waals surface area contributed by atoms with E-state index in [9.17, 15) is 13.6 Å². The molecule has 0 heterocycles. The lowest BCUT2D eigenvalue weighted by atomic mass is 9.99. The number of hydrogen-bond acceptors (Lipinski definition) is 3. The summed E-state index contributed by atoms with van der Waals surface area (Å²) in [4.78, 5) is 12.1. The molecule has 0 unspecified atom stereocenters. The molecule has 2 aromatic carbocycles. The third-order valence-corrected chi connectivity index (χ3v) is 4.39. The Bertz CT molecular complexity index is 771. The molecule has 0 fully saturated rings. The summed E-state index contributed by atoms with van der Waals surface area (Å²) in [6.45, 7) is 5.38. The second-order valence-corrected chi connectivity index (χ2v) is 7.04. The van der Waals surface area contributed by atoms with E-state index in [2.05, 4.69) is 17.6 Å². The van der Waals surface area contributed by atoms with Gasteiger partial charge in [-0.15, -0.1) is 0 Å². The average molecular weight is 418 g/mol. The molecule has 0 aromatic heterocycles. The molecule has 0 bridgehead atoms. The van der Waals surface area contributed by atoms with Crippen LogP contribution in [-0.2, 0) is 0 Å². The summed E-state index contributed by atoms with van der Waals surface area (Å²) in [7, 11) is 1.91. The number of amides is 1. The highest BCUT2D eigenvalue weighted by molar-refractivity contribution is 5.95. The molecular formula is C24H33F2N3O. The van der Waals surface area contributed by atoms with Gasteiger partial charge < -0.3 is 16.4 Å². The van der Waals surface area contributed by atoms with Crippen molar-refractivity contribution in [3.63, 3.8) is 0 Å². The molecule has 6 heteroatoms. The molecule has 0 aliphatic carbocycles. The van der Waals surface area contributed by atoms with Gasteiger partial charge in [-0.05, 0) is 86.9 Å². The Kier molecular flexibility index (Phi) is 12.0. The van der Waals surface area contributed by atoms with Crippen LogP contribution in [0.4, 0.5) is 8.78 Å². The Hall–Kier alpha value is -2.73. The number of unbranched alkanes of at least 4 members (excludes halogenated alkanes) is 1. The number of carbonyl (C=O) groups is 1. The standard InChI is InChI=1S/C17H27N3O.C7H6F2/c1-3-4-7-16(13-18)14-8-5-9-15(12-14)17(21)20-11-6-10-19-2;1-5-2-6(8)4-7(9)3-5/h5,8-9,12-13,19H,3-4,6-7,10-11,18H2,1-2H3,(H,20,21);2-4H,1H3/b16-13-;. The van der Waals surface area contributed by atoms with E-state index in [-0.39, 0.29) is 5.91 Å². The van der Waals surface area contributed by atoms with Gasteiger partial charge in [0.15, 0.2) is 0 Å². The number of nitrogens with one attached hydrogen (secondary N) is 2. The second kappa shape index (κ2) is 14.3. The van der Waals surface area contributed by atoms with Crippen LogP contribution in [0.25, 0.3) is 5.57 Å². The fraction of sp³-hybridized carbons (Fsp3) is 0.375. The van der Waals surface area contributed by atoms with Crippen molar-refractivity contribution in [3.05, 3.63) is 77.0 Å². The number of allylic oxidation sites excluding steroid dienone is 1. The highest BCUT2D eigenvalue weighted by Crippen LogP contribution is 2.20. The van der Waals surface area contributed by atoms with Crippen molar-refractivity contribution < 1.29 is 13.6 Å². The van der Waals surface area contributed by atoms with E-state index in [4.69, 9.17) is 5.73 Å². The van der Waals surface area contributed by atoms with Gasteiger partial charge in [0.2, 0.25) is 0 Å². The zero-order chi connectivity index (χ0) is 22.4. The number of rotatable bonds is 9. The third kappa shape index (κ3) is 9.65. The smallest absolute Gasteiger partial charge is 0.251 e. The molecule has 0 saturated carbocycles. The van der Waals surface area contributed by atoms with Gasteiger partial charge in [0.1, 0.15) is 11.6 Å². The van der Waals surface area contributed by atoms with Gasteiger partial charge in [0.25, 0.3) is 5.91 Å². The number of aryl methyl sites for hydroxylation is 1. The van der Waals surface area contributed by atoms with Crippen LogP contribution in [-0.4, -0.2) is 26.0 Å². The third-order valence-electron chi connectivity index (χ3n) is 4.39. The van der Waals surface area contributed by atoms with Crippen LogP contribution in [0.15, 0.2) is 48.7 Å². The van der Waals surface area contributed by atoms with Gasteiger partial charge in [0.05, 0.1) is 0 Å². The fourth-order valence-corrected chi connectivity index (χ4v) is 2.81. The van der Waals surface area contributed by atoms with Gasteiger partial charge in [-0.2, -0.15) is 0 Å². The van der Waals surface area contributed by atoms with Gasteiger partial charge in [-0.3, -0.25) is 4.79 Å². The molecular weight excluding hydrogens is 384 g/mol. The topological polar surface area (TPSA) is 67.2 Å². The molecule has 0 saturated heterocycles. The van der Waals surface area contributed by atoms with Gasteiger partial charge in [-0.25, -0.2) is 8.78 Å². The summed E-state index contributed by atoms with van der Waals surface area (Å²) < 4.78 is 24.4. The Balaban J connectivity index is 0.000000414. The van der Waals surface area contributed by atoms with E-state index in [1.807, 2.05) is 31.3 Å². The van der Waals surface area contributed by atoms with E-state index in [1.54, 1.807) is 13.1 Å². The first-order chi connectivity index (χ1) is 14.4. The number of halogens is 2. The first kappa shape index (κ1) is 25.3. The molecule has 4 nitrogen and oxygen atoms in total. The number of carbonyl (C=O) groups excluding carboxylic acids is 1. The Morgan fingerprint density at radius 1 is 1.03 bits per heavy atom. The van der Waals surface area contributed by atoms with Crippen LogP contribution >= 0.6 is 0 Å². The molecule has 1 amide bonds. The Morgan fingerprint density at radius 3 is 2.27 bits per heavy atom. The quantitative estimate of drug-likeness (QED) is 0.514. The molecule has 2 aromatic rings. The monoisotopic (exact) mass is 417 g/mol. The SMILES string of the molecule is CCCC/C(=C/N)c1cccc(C(=O)NCCCNC)c1.Cc1cc(F)cc(F)c1. The molecule has 164 valence electrons. The molecule has 0 aliphatic heterocycles. The molecule has 2 rings (SSSR count). The molecule has 0 atom stereocenters. The maximum absolute atomic E-state index is 12.2. The summed E-state index contributed by atoms with van der Waals surface area (Å²) in [6.07, 6.45) is 5.75. The van der Waals surface area contributed by atoms with E-state index in [0.29, 0.717) is 17.7 Å². The maximum Gasteiger partial charge on any atom is 0.251 e. The fourth-order valence-electron chi connectivity index (χ4n) is 2.81. The molecule has 0 radical (unpaired) electrons. The Labute approximate surface area is 178 Å². The highest BCUT2D eigenvalue weighted by Gasteiger charge is 2.07. The van der Waals surface area contributed by atoms with Crippen LogP contribution in [0.1, 0.15) is 54.1 Å². The van der Waals surface area contributed by atoms with Crippen molar-refractivity contribution in [3.8, 4) is 0 Å². The lowest BCUT2D eigenvalue weighted by Gasteiger charge is -2.09. The molecule has 4 N–H and O–H groups in total. The predicted octanol–water partition coefficient (Wildman–Crippen LogP) is 4.79. The van der Waals surface area contributed by atoms with Gasteiger partial charge in [-0.1, -0.05) is 25.5 Å². The van der Waals surface area contributed by atoms with Crippen molar-refractivity contribution in [2.24, 2.45) is 5.73 Å². The van der Waals surface area contributed by atoms with Crippen molar-refractivity contribution in [2.75, 3.05) is 20.1 Å². The van der Waals surface area contributed by atoms with Crippen molar-refractivity contribution in [1.29, 1.82) is 0 Å². The minimum atomic E-state index is -0.521. The largest absolute Gasteiger partial charge is 0.404 e. The summed E-state index contributed by atoms with van der Waals surface area (Å²) >= 11 is 0. The van der Waals surface area contributed by atoms with E-state index in [1.165, 1.54) is 12.1 Å². The highest BCUT2D eigenvalue weighted by atomic mass is 19.1. The minimum absolute atomic E-state index is 0.0279. The zero-order valence-electron chi connectivity index (χ0n) is 18.1. The van der Waals surface area contributed by atoms with E-state index >= 15 is 0 Å². The molecule has 0 aliphatic rings. The van der Waals surface area contributed by atoms with E-state index in [0.717, 1.165) is 49.4 Å². The zero-order valence-corrected chi connectivity index (χ0v) is 18.1. The average Bonchev–Trinajstić information content (AvgIpc) is 2.71. The van der Waals surface area contributed by atoms with Gasteiger partial charge in [0, 0.05) is 18.2 Å². The first-order valence-corrected chi connectivity index (χ1v) is 10.3. The summed E-state index contributed by atoms with van der Waals surface area (Å²) in [5.74, 6) is -1.07. The summed E-state index contributed by atoms with van der Waals surface area (Å²) in [6, 6.07) is 11.1. The van der Waals surface area contributed by atoms with Crippen molar-refractivity contribution >= 4 is 11.5 Å². The van der Waals surface area contributed by atoms with Crippen LogP contribution in [0.3, 0.4) is 0 Å². The predicted molar refractivity (Wildman–Crippen MR) is 120 cm³/mol. The van der Waals surface area contributed by atoms with Crippen molar-refractivity contribution in [1.82, 2.24) is 10.6 Å². The summed E-state index contributed by atoms with van der Waals surface area (Å²) in [5, 5.41) is 5.99. The summed E-state index contributed by atoms with van der Waals surface area (Å²) in [5.41, 5.74) is 9.14. The normalized spacial score (nSPS) is 10.9. The molecule has 30 heavy (non-hydrogen) atoms. The second-order valence-electron chi connectivity index (χ2n) is 7.04. The maximum atomic E-state index is 12.2. The van der Waals surface area contributed by atoms with Crippen LogP contribution in [0, 0.1) is 18.6 Å². The molecule has 0 spiro atoms.